The van der Waals surface area contributed by atoms with E-state index in [0.717, 1.165) is 0 Å². The highest BCUT2D eigenvalue weighted by atomic mass is 32.2. The number of alkyl halides is 8. The largest absolute Gasteiger partial charge is 0.479 e. The maximum absolute atomic E-state index is 13.8. The lowest BCUT2D eigenvalue weighted by Crippen LogP contribution is -2.58. The fourth-order valence-corrected chi connectivity index (χ4v) is 3.47. The van der Waals surface area contributed by atoms with Crippen LogP contribution in [0.3, 0.4) is 0 Å². The molecule has 0 saturated heterocycles. The molecular formula is C14H20F8OS2. The smallest absolute Gasteiger partial charge is 0.377 e. The van der Waals surface area contributed by atoms with Crippen molar-refractivity contribution in [1.29, 1.82) is 0 Å². The Hall–Kier alpha value is -0.320. The van der Waals surface area contributed by atoms with Crippen LogP contribution in [0.15, 0.2) is 0 Å². The maximum Gasteiger partial charge on any atom is 0.377 e. The minimum atomic E-state index is -6.19. The van der Waals surface area contributed by atoms with Crippen LogP contribution in [0, 0.1) is 0 Å². The zero-order valence-corrected chi connectivity index (χ0v) is 15.3. The molecule has 1 atom stereocenters. The van der Waals surface area contributed by atoms with Gasteiger partial charge in [-0.25, -0.2) is 8.78 Å². The molecule has 0 saturated carbocycles. The molecule has 0 aliphatic rings. The van der Waals surface area contributed by atoms with Gasteiger partial charge < -0.3 is 4.74 Å². The average molecular weight is 420 g/mol. The van der Waals surface area contributed by atoms with Crippen molar-refractivity contribution in [2.75, 3.05) is 6.61 Å². The summed E-state index contributed by atoms with van der Waals surface area (Å²) in [5.41, 5.74) is 0. The van der Waals surface area contributed by atoms with Gasteiger partial charge in [0.2, 0.25) is 4.38 Å². The molecule has 0 aromatic heterocycles. The first kappa shape index (κ1) is 24.7. The van der Waals surface area contributed by atoms with Crippen molar-refractivity contribution in [3.63, 3.8) is 0 Å². The number of thioether (sulfide) groups is 1. The normalized spacial score (nSPS) is 14.7. The molecular weight excluding hydrogens is 400 g/mol. The van der Waals surface area contributed by atoms with Gasteiger partial charge in [0.05, 0.1) is 6.61 Å². The predicted molar refractivity (Wildman–Crippen MR) is 85.2 cm³/mol. The van der Waals surface area contributed by atoms with Crippen LogP contribution in [0.2, 0.25) is 0 Å². The van der Waals surface area contributed by atoms with Crippen molar-refractivity contribution in [2.24, 2.45) is 0 Å². The van der Waals surface area contributed by atoms with E-state index in [4.69, 9.17) is 17.0 Å². The van der Waals surface area contributed by atoms with E-state index in [2.05, 4.69) is 0 Å². The molecule has 0 N–H and O–H groups in total. The summed E-state index contributed by atoms with van der Waals surface area (Å²) >= 11 is 5.29. The van der Waals surface area contributed by atoms with Gasteiger partial charge in [0.25, 0.3) is 0 Å². The van der Waals surface area contributed by atoms with E-state index >= 15 is 0 Å². The van der Waals surface area contributed by atoms with E-state index in [1.165, 1.54) is 0 Å². The van der Waals surface area contributed by atoms with Crippen LogP contribution in [-0.2, 0) is 4.74 Å². The molecule has 11 heteroatoms. The van der Waals surface area contributed by atoms with Crippen molar-refractivity contribution >= 4 is 28.4 Å². The highest BCUT2D eigenvalue weighted by molar-refractivity contribution is 8.23. The molecule has 0 aromatic carbocycles. The number of ether oxygens (including phenoxy) is 1. The molecule has 150 valence electrons. The first-order valence-electron chi connectivity index (χ1n) is 7.58. The highest BCUT2D eigenvalue weighted by Crippen LogP contribution is 2.51. The Morgan fingerprint density at radius 2 is 1.60 bits per heavy atom. The van der Waals surface area contributed by atoms with Crippen LogP contribution in [0.4, 0.5) is 35.1 Å². The Morgan fingerprint density at radius 1 is 1.04 bits per heavy atom. The van der Waals surface area contributed by atoms with Crippen molar-refractivity contribution < 1.29 is 39.9 Å². The Morgan fingerprint density at radius 3 is 2.04 bits per heavy atom. The van der Waals surface area contributed by atoms with Gasteiger partial charge in [0, 0.05) is 11.7 Å². The van der Waals surface area contributed by atoms with E-state index in [1.807, 2.05) is 6.92 Å². The summed E-state index contributed by atoms with van der Waals surface area (Å²) in [6.07, 6.45) is -4.96. The molecule has 0 rings (SSSR count). The van der Waals surface area contributed by atoms with Gasteiger partial charge >= 0.3 is 24.2 Å². The molecule has 0 aliphatic carbocycles. The van der Waals surface area contributed by atoms with Crippen LogP contribution in [0.1, 0.15) is 46.0 Å². The molecule has 0 aliphatic heterocycles. The van der Waals surface area contributed by atoms with Crippen LogP contribution >= 0.6 is 24.0 Å². The zero-order valence-electron chi connectivity index (χ0n) is 13.6. The van der Waals surface area contributed by atoms with Crippen LogP contribution in [-0.4, -0.2) is 40.4 Å². The third-order valence-corrected chi connectivity index (χ3v) is 4.74. The molecule has 0 bridgehead atoms. The van der Waals surface area contributed by atoms with Crippen LogP contribution in [0.5, 0.6) is 0 Å². The topological polar surface area (TPSA) is 9.23 Å². The van der Waals surface area contributed by atoms with Crippen molar-refractivity contribution in [1.82, 2.24) is 0 Å². The number of unbranched alkanes of at least 4 members (excludes halogenated alkanes) is 2. The highest BCUT2D eigenvalue weighted by Gasteiger charge is 2.75. The lowest BCUT2D eigenvalue weighted by atomic mass is 9.98. The summed E-state index contributed by atoms with van der Waals surface area (Å²) in [6.45, 7) is 3.49. The lowest BCUT2D eigenvalue weighted by molar-refractivity contribution is -0.339. The van der Waals surface area contributed by atoms with E-state index < -0.39 is 35.9 Å². The Bertz CT molecular complexity index is 418. The molecule has 25 heavy (non-hydrogen) atoms. The zero-order chi connectivity index (χ0) is 19.9. The third kappa shape index (κ3) is 6.73. The molecule has 0 fully saturated rings. The van der Waals surface area contributed by atoms with Crippen LogP contribution < -0.4 is 0 Å². The van der Waals surface area contributed by atoms with Gasteiger partial charge in [-0.3, -0.25) is 0 Å². The molecule has 0 spiro atoms. The SMILES string of the molecule is CCCCCC(CC(F)(F)C(F)(F)C(F)(F)C(F)F)SC(=S)OCC. The van der Waals surface area contributed by atoms with E-state index in [-0.39, 0.29) is 17.4 Å². The summed E-state index contributed by atoms with van der Waals surface area (Å²) in [4.78, 5) is 0. The Kier molecular flexibility index (Phi) is 10.00. The second kappa shape index (κ2) is 10.1. The van der Waals surface area contributed by atoms with Gasteiger partial charge in [-0.2, -0.15) is 26.3 Å². The van der Waals surface area contributed by atoms with E-state index in [9.17, 15) is 35.1 Å². The van der Waals surface area contributed by atoms with Crippen molar-refractivity contribution in [3.8, 4) is 0 Å². The predicted octanol–water partition coefficient (Wildman–Crippen LogP) is 6.55. The minimum Gasteiger partial charge on any atom is -0.479 e. The second-order valence-electron chi connectivity index (χ2n) is 5.33. The Balaban J connectivity index is 5.29. The summed E-state index contributed by atoms with van der Waals surface area (Å²) in [5, 5.41) is -1.26. The summed E-state index contributed by atoms with van der Waals surface area (Å²) in [6, 6.07) is 0. The molecule has 0 amide bonds. The quantitative estimate of drug-likeness (QED) is 0.213. The summed E-state index contributed by atoms with van der Waals surface area (Å²) < 4.78 is 109. The van der Waals surface area contributed by atoms with E-state index in [1.54, 1.807) is 6.92 Å². The fourth-order valence-electron chi connectivity index (χ4n) is 1.91. The fraction of sp³-hybridized carbons (Fsp3) is 0.929. The number of thiocarbonyl (C=S) groups is 1. The van der Waals surface area contributed by atoms with Gasteiger partial charge in [0.1, 0.15) is 0 Å². The number of rotatable bonds is 11. The lowest BCUT2D eigenvalue weighted by Gasteiger charge is -2.34. The number of hydrogen-bond donors (Lipinski definition) is 0. The van der Waals surface area contributed by atoms with Gasteiger partial charge in [-0.05, 0) is 25.6 Å². The van der Waals surface area contributed by atoms with Gasteiger partial charge in [-0.1, -0.05) is 37.9 Å². The standard InChI is InChI=1S/C14H20F8OS2/c1-3-5-6-7-9(25-11(24)23-4-2)8-12(17,18)14(21,22)13(19,20)10(15)16/h9-10H,3-8H2,1-2H3. The average Bonchev–Trinajstić information content (AvgIpc) is 2.46. The minimum absolute atomic E-state index is 0.0162. The third-order valence-electron chi connectivity index (χ3n) is 3.29. The second-order valence-corrected chi connectivity index (χ2v) is 7.23. The Labute approximate surface area is 150 Å². The number of halogens is 8. The van der Waals surface area contributed by atoms with Crippen molar-refractivity contribution in [2.45, 2.75) is 75.4 Å². The maximum atomic E-state index is 13.8. The van der Waals surface area contributed by atoms with Gasteiger partial charge in [0.15, 0.2) is 0 Å². The molecule has 1 nitrogen and oxygen atoms in total. The summed E-state index contributed by atoms with van der Waals surface area (Å²) in [5.74, 6) is -17.7. The van der Waals surface area contributed by atoms with E-state index in [0.29, 0.717) is 31.0 Å². The number of hydrogen-bond acceptors (Lipinski definition) is 3. The first-order valence-corrected chi connectivity index (χ1v) is 8.87. The van der Waals surface area contributed by atoms with Crippen molar-refractivity contribution in [3.05, 3.63) is 0 Å². The monoisotopic (exact) mass is 420 g/mol. The molecule has 0 heterocycles. The van der Waals surface area contributed by atoms with Crippen LogP contribution in [0.25, 0.3) is 0 Å². The molecule has 0 radical (unpaired) electrons. The van der Waals surface area contributed by atoms with Gasteiger partial charge in [-0.15, -0.1) is 0 Å². The summed E-state index contributed by atoms with van der Waals surface area (Å²) in [7, 11) is 0. The molecule has 1 unspecified atom stereocenters. The molecule has 0 aromatic rings. The first-order chi connectivity index (χ1) is 11.3.